The van der Waals surface area contributed by atoms with E-state index in [1.807, 2.05) is 6.07 Å². The number of pyridine rings is 1. The molecule has 0 atom stereocenters. The zero-order valence-corrected chi connectivity index (χ0v) is 16.8. The third kappa shape index (κ3) is 8.63. The highest BCUT2D eigenvalue weighted by Gasteiger charge is 2.23. The van der Waals surface area contributed by atoms with Crippen molar-refractivity contribution < 1.29 is 18.0 Å². The number of nitrogens with two attached hydrogens (primary N) is 1. The van der Waals surface area contributed by atoms with E-state index in [9.17, 15) is 8.42 Å². The highest BCUT2D eigenvalue weighted by molar-refractivity contribution is 7.88. The average molecular weight is 401 g/mol. The minimum atomic E-state index is -3.50. The maximum atomic E-state index is 12.8. The molecule has 154 valence electrons. The summed E-state index contributed by atoms with van der Waals surface area (Å²) in [6.07, 6.45) is 6.67. The van der Waals surface area contributed by atoms with E-state index < -0.39 is 10.0 Å². The van der Waals surface area contributed by atoms with Gasteiger partial charge in [0.15, 0.2) is 0 Å². The van der Waals surface area contributed by atoms with Crippen LogP contribution in [-0.4, -0.2) is 74.5 Å². The number of unbranched alkanes of at least 4 members (excludes halogenated alkanes) is 3. The molecule has 0 unspecified atom stereocenters. The van der Waals surface area contributed by atoms with Crippen LogP contribution in [0, 0.1) is 0 Å². The van der Waals surface area contributed by atoms with Gasteiger partial charge in [-0.3, -0.25) is 14.7 Å². The number of hydroxylamine groups is 1. The summed E-state index contributed by atoms with van der Waals surface area (Å²) in [6, 6.07) is 3.64. The standard InChI is InChI=1S/C18H32N4O4S/c19-7-3-1-2-4-15-27(23,24)22(17-18-6-5-8-20-16-18)26-14-11-21-9-12-25-13-10-21/h5-6,8,16H,1-4,7,9-15,17,19H2. The molecule has 1 fully saturated rings. The number of rotatable bonds is 13. The van der Waals surface area contributed by atoms with Crippen molar-refractivity contribution in [2.45, 2.75) is 32.2 Å². The van der Waals surface area contributed by atoms with Gasteiger partial charge in [-0.25, -0.2) is 8.42 Å². The number of ether oxygens (including phenoxy) is 1. The number of aromatic nitrogens is 1. The first-order valence-electron chi connectivity index (χ1n) is 9.64. The summed E-state index contributed by atoms with van der Waals surface area (Å²) in [5.41, 5.74) is 6.28. The van der Waals surface area contributed by atoms with Crippen LogP contribution in [0.1, 0.15) is 31.2 Å². The van der Waals surface area contributed by atoms with Gasteiger partial charge in [-0.15, -0.1) is 0 Å². The van der Waals surface area contributed by atoms with E-state index in [2.05, 4.69) is 9.88 Å². The van der Waals surface area contributed by atoms with E-state index in [0.29, 0.717) is 39.3 Å². The third-order valence-corrected chi connectivity index (χ3v) is 6.11. The van der Waals surface area contributed by atoms with Gasteiger partial charge < -0.3 is 10.5 Å². The van der Waals surface area contributed by atoms with Crippen molar-refractivity contribution in [1.29, 1.82) is 0 Å². The predicted octanol–water partition coefficient (Wildman–Crippen LogP) is 0.996. The van der Waals surface area contributed by atoms with Gasteiger partial charge in [0.2, 0.25) is 10.0 Å². The van der Waals surface area contributed by atoms with E-state index in [-0.39, 0.29) is 12.3 Å². The van der Waals surface area contributed by atoms with Crippen LogP contribution < -0.4 is 5.73 Å². The van der Waals surface area contributed by atoms with Crippen molar-refractivity contribution in [3.8, 4) is 0 Å². The second kappa shape index (κ2) is 12.4. The lowest BCUT2D eigenvalue weighted by Gasteiger charge is -2.28. The van der Waals surface area contributed by atoms with Gasteiger partial charge in [0.1, 0.15) is 0 Å². The van der Waals surface area contributed by atoms with Crippen LogP contribution in [0.4, 0.5) is 0 Å². The number of sulfonamides is 1. The third-order valence-electron chi connectivity index (χ3n) is 4.45. The molecule has 8 nitrogen and oxygen atoms in total. The lowest BCUT2D eigenvalue weighted by Crippen LogP contribution is -2.40. The lowest BCUT2D eigenvalue weighted by atomic mass is 10.2. The van der Waals surface area contributed by atoms with Gasteiger partial charge in [0.25, 0.3) is 0 Å². The predicted molar refractivity (Wildman–Crippen MR) is 104 cm³/mol. The molecule has 1 saturated heterocycles. The zero-order chi connectivity index (χ0) is 19.4. The Bertz CT molecular complexity index is 609. The number of morpholine rings is 1. The van der Waals surface area contributed by atoms with Gasteiger partial charge in [-0.2, -0.15) is 0 Å². The van der Waals surface area contributed by atoms with Crippen LogP contribution in [0.5, 0.6) is 0 Å². The van der Waals surface area contributed by atoms with Gasteiger partial charge >= 0.3 is 0 Å². The normalized spacial score (nSPS) is 16.1. The van der Waals surface area contributed by atoms with Crippen molar-refractivity contribution >= 4 is 10.0 Å². The molecule has 1 aromatic rings. The Morgan fingerprint density at radius 3 is 2.70 bits per heavy atom. The Morgan fingerprint density at radius 1 is 1.22 bits per heavy atom. The Balaban J connectivity index is 1.89. The molecule has 27 heavy (non-hydrogen) atoms. The van der Waals surface area contributed by atoms with E-state index in [4.69, 9.17) is 15.3 Å². The lowest BCUT2D eigenvalue weighted by molar-refractivity contribution is -0.101. The van der Waals surface area contributed by atoms with Crippen LogP contribution in [0.2, 0.25) is 0 Å². The Morgan fingerprint density at radius 2 is 2.00 bits per heavy atom. The maximum Gasteiger partial charge on any atom is 0.236 e. The van der Waals surface area contributed by atoms with Crippen molar-refractivity contribution in [3.63, 3.8) is 0 Å². The van der Waals surface area contributed by atoms with E-state index in [1.165, 1.54) is 0 Å². The smallest absolute Gasteiger partial charge is 0.236 e. The largest absolute Gasteiger partial charge is 0.379 e. The zero-order valence-electron chi connectivity index (χ0n) is 16.0. The molecule has 1 aromatic heterocycles. The van der Waals surface area contributed by atoms with Crippen LogP contribution in [0.25, 0.3) is 0 Å². The van der Waals surface area contributed by atoms with Crippen LogP contribution in [-0.2, 0) is 26.1 Å². The molecule has 0 amide bonds. The molecule has 0 bridgehead atoms. The second-order valence-corrected chi connectivity index (χ2v) is 8.61. The van der Waals surface area contributed by atoms with Gasteiger partial charge in [0, 0.05) is 32.0 Å². The molecule has 0 radical (unpaired) electrons. The Hall–Kier alpha value is -1.10. The molecular formula is C18H32N4O4S. The van der Waals surface area contributed by atoms with Gasteiger partial charge in [-0.05, 0) is 31.0 Å². The maximum absolute atomic E-state index is 12.8. The van der Waals surface area contributed by atoms with Crippen LogP contribution in [0.15, 0.2) is 24.5 Å². The Labute approximate surface area is 162 Å². The molecule has 2 N–H and O–H groups in total. The SMILES string of the molecule is NCCCCCCS(=O)(=O)N(Cc1cccnc1)OCCN1CCOCC1. The van der Waals surface area contributed by atoms with Crippen molar-refractivity contribution in [2.75, 3.05) is 51.8 Å². The number of hydrogen-bond acceptors (Lipinski definition) is 7. The van der Waals surface area contributed by atoms with E-state index in [0.717, 1.165) is 42.4 Å². The van der Waals surface area contributed by atoms with Crippen LogP contribution in [0.3, 0.4) is 0 Å². The summed E-state index contributed by atoms with van der Waals surface area (Å²) in [7, 11) is -3.50. The van der Waals surface area contributed by atoms with E-state index >= 15 is 0 Å². The molecule has 0 spiro atoms. The number of nitrogens with zero attached hydrogens (tertiary/aromatic N) is 3. The van der Waals surface area contributed by atoms with Crippen molar-refractivity contribution in [3.05, 3.63) is 30.1 Å². The fourth-order valence-electron chi connectivity index (χ4n) is 2.85. The summed E-state index contributed by atoms with van der Waals surface area (Å²) in [5, 5.41) is 0. The quantitative estimate of drug-likeness (QED) is 0.389. The molecule has 0 aliphatic carbocycles. The van der Waals surface area contributed by atoms with Gasteiger partial charge in [0.05, 0.1) is 32.1 Å². The molecule has 1 aliphatic heterocycles. The summed E-state index contributed by atoms with van der Waals surface area (Å²) >= 11 is 0. The van der Waals surface area contributed by atoms with Crippen LogP contribution >= 0.6 is 0 Å². The second-order valence-electron chi connectivity index (χ2n) is 6.63. The fourth-order valence-corrected chi connectivity index (χ4v) is 4.20. The minimum Gasteiger partial charge on any atom is -0.379 e. The van der Waals surface area contributed by atoms with E-state index in [1.54, 1.807) is 18.5 Å². The monoisotopic (exact) mass is 400 g/mol. The first kappa shape index (κ1) is 22.2. The molecule has 2 heterocycles. The summed E-state index contributed by atoms with van der Waals surface area (Å²) < 4.78 is 32.0. The summed E-state index contributed by atoms with van der Waals surface area (Å²) in [5.74, 6) is 0.0788. The fraction of sp³-hybridized carbons (Fsp3) is 0.722. The highest BCUT2D eigenvalue weighted by atomic mass is 32.2. The first-order valence-corrected chi connectivity index (χ1v) is 11.2. The first-order chi connectivity index (χ1) is 13.1. The summed E-state index contributed by atoms with van der Waals surface area (Å²) in [4.78, 5) is 12.0. The molecule has 2 rings (SSSR count). The molecule has 1 aliphatic rings. The summed E-state index contributed by atoms with van der Waals surface area (Å²) in [6.45, 7) is 4.93. The topological polar surface area (TPSA) is 98.0 Å². The average Bonchev–Trinajstić information content (AvgIpc) is 2.68. The Kier molecular flexibility index (Phi) is 10.2. The van der Waals surface area contributed by atoms with Gasteiger partial charge in [-0.1, -0.05) is 23.4 Å². The molecule has 9 heteroatoms. The minimum absolute atomic E-state index is 0.0788. The van der Waals surface area contributed by atoms with Crippen molar-refractivity contribution in [1.82, 2.24) is 14.4 Å². The molecule has 0 saturated carbocycles. The number of hydrogen-bond donors (Lipinski definition) is 1. The molecule has 0 aromatic carbocycles. The highest BCUT2D eigenvalue weighted by Crippen LogP contribution is 2.13. The molecular weight excluding hydrogens is 368 g/mol. The van der Waals surface area contributed by atoms with Crippen molar-refractivity contribution in [2.24, 2.45) is 5.73 Å².